The summed E-state index contributed by atoms with van der Waals surface area (Å²) in [5.74, 6) is 0.485. The van der Waals surface area contributed by atoms with Crippen molar-refractivity contribution in [1.29, 1.82) is 0 Å². The van der Waals surface area contributed by atoms with Crippen molar-refractivity contribution in [2.75, 3.05) is 11.1 Å². The molecule has 4 heteroatoms. The number of thioether (sulfide) groups is 1. The number of rotatable bonds is 5. The maximum Gasteiger partial charge on any atom is 0.221 e. The van der Waals surface area contributed by atoms with Gasteiger partial charge in [0.1, 0.15) is 0 Å². The van der Waals surface area contributed by atoms with Crippen LogP contribution in [-0.2, 0) is 10.4 Å². The van der Waals surface area contributed by atoms with E-state index in [4.69, 9.17) is 0 Å². The molecule has 0 aliphatic rings. The fourth-order valence-electron chi connectivity index (χ4n) is 1.94. The lowest BCUT2D eigenvalue weighted by Crippen LogP contribution is -2.24. The molecule has 0 spiro atoms. The quantitative estimate of drug-likeness (QED) is 0.829. The lowest BCUT2D eigenvalue weighted by Gasteiger charge is -2.23. The van der Waals surface area contributed by atoms with Crippen molar-refractivity contribution < 1.29 is 9.90 Å². The Labute approximate surface area is 129 Å². The molecule has 0 saturated carbocycles. The summed E-state index contributed by atoms with van der Waals surface area (Å²) >= 11 is 1.59. The average Bonchev–Trinajstić information content (AvgIpc) is 2.47. The molecule has 0 fully saturated rings. The van der Waals surface area contributed by atoms with Crippen molar-refractivity contribution >= 4 is 23.4 Å². The van der Waals surface area contributed by atoms with Crippen LogP contribution in [0, 0.1) is 0 Å². The molecule has 0 saturated heterocycles. The molecule has 0 aromatic heterocycles. The van der Waals surface area contributed by atoms with Crippen LogP contribution in [0.5, 0.6) is 0 Å². The number of nitrogens with one attached hydrogen (secondary N) is 1. The molecule has 2 N–H and O–H groups in total. The summed E-state index contributed by atoms with van der Waals surface area (Å²) in [4.78, 5) is 12.0. The van der Waals surface area contributed by atoms with Crippen molar-refractivity contribution in [3.63, 3.8) is 0 Å². The van der Waals surface area contributed by atoms with E-state index in [1.807, 2.05) is 61.5 Å². The third-order valence-electron chi connectivity index (χ3n) is 3.09. The highest BCUT2D eigenvalue weighted by atomic mass is 32.2. The number of carbonyl (C=O) groups is 1. The van der Waals surface area contributed by atoms with Crippen LogP contribution in [0.1, 0.15) is 19.4 Å². The fourth-order valence-corrected chi connectivity index (χ4v) is 2.89. The Balaban J connectivity index is 1.98. The molecule has 110 valence electrons. The fraction of sp³-hybridized carbons (Fsp3) is 0.235. The first kappa shape index (κ1) is 15.6. The minimum Gasteiger partial charge on any atom is -0.385 e. The number of hydrogen-bond acceptors (Lipinski definition) is 3. The lowest BCUT2D eigenvalue weighted by atomic mass is 9.99. The first-order chi connectivity index (χ1) is 9.97. The zero-order valence-corrected chi connectivity index (χ0v) is 13.0. The van der Waals surface area contributed by atoms with Gasteiger partial charge in [-0.3, -0.25) is 4.79 Å². The van der Waals surface area contributed by atoms with E-state index in [1.165, 1.54) is 6.92 Å². The van der Waals surface area contributed by atoms with Crippen LogP contribution in [0.25, 0.3) is 0 Å². The Morgan fingerprint density at radius 1 is 1.14 bits per heavy atom. The maximum absolute atomic E-state index is 11.0. The average molecular weight is 301 g/mol. The Hall–Kier alpha value is -1.78. The summed E-state index contributed by atoms with van der Waals surface area (Å²) in [5, 5.41) is 13.3. The molecule has 0 aliphatic heterocycles. The largest absolute Gasteiger partial charge is 0.385 e. The van der Waals surface area contributed by atoms with E-state index in [-0.39, 0.29) is 5.91 Å². The highest BCUT2D eigenvalue weighted by Gasteiger charge is 2.22. The van der Waals surface area contributed by atoms with Crippen molar-refractivity contribution in [1.82, 2.24) is 0 Å². The Bertz CT molecular complexity index is 594. The van der Waals surface area contributed by atoms with Crippen molar-refractivity contribution in [3.05, 3.63) is 60.2 Å². The number of aliphatic hydroxyl groups is 1. The second-order valence-corrected chi connectivity index (χ2v) is 6.18. The SMILES string of the molecule is CC(=O)Nc1ccc(SCC(C)(O)c2ccccc2)cc1. The molecule has 2 aromatic carbocycles. The predicted molar refractivity (Wildman–Crippen MR) is 87.5 cm³/mol. The van der Waals surface area contributed by atoms with E-state index in [0.29, 0.717) is 5.75 Å². The second kappa shape index (κ2) is 6.78. The molecular weight excluding hydrogens is 282 g/mol. The zero-order chi connectivity index (χ0) is 15.3. The van der Waals surface area contributed by atoms with Gasteiger partial charge in [-0.25, -0.2) is 0 Å². The minimum atomic E-state index is -0.873. The van der Waals surface area contributed by atoms with Crippen LogP contribution < -0.4 is 5.32 Å². The summed E-state index contributed by atoms with van der Waals surface area (Å²) in [6.07, 6.45) is 0. The van der Waals surface area contributed by atoms with E-state index in [9.17, 15) is 9.90 Å². The van der Waals surface area contributed by atoms with Crippen molar-refractivity contribution in [3.8, 4) is 0 Å². The van der Waals surface area contributed by atoms with Gasteiger partial charge in [0.05, 0.1) is 5.60 Å². The highest BCUT2D eigenvalue weighted by molar-refractivity contribution is 7.99. The summed E-state index contributed by atoms with van der Waals surface area (Å²) in [7, 11) is 0. The Morgan fingerprint density at radius 3 is 2.33 bits per heavy atom. The number of anilines is 1. The first-order valence-corrected chi connectivity index (χ1v) is 7.74. The van der Waals surface area contributed by atoms with Crippen LogP contribution in [0.2, 0.25) is 0 Å². The van der Waals surface area contributed by atoms with Gasteiger partial charge in [0.25, 0.3) is 0 Å². The van der Waals surface area contributed by atoms with Crippen molar-refractivity contribution in [2.24, 2.45) is 0 Å². The van der Waals surface area contributed by atoms with Crippen LogP contribution in [0.4, 0.5) is 5.69 Å². The molecule has 21 heavy (non-hydrogen) atoms. The maximum atomic E-state index is 11.0. The molecule has 3 nitrogen and oxygen atoms in total. The van der Waals surface area contributed by atoms with Crippen molar-refractivity contribution in [2.45, 2.75) is 24.3 Å². The predicted octanol–water partition coefficient (Wildman–Crippen LogP) is 3.64. The Kier molecular flexibility index (Phi) is 5.04. The minimum absolute atomic E-state index is 0.0811. The summed E-state index contributed by atoms with van der Waals surface area (Å²) in [6.45, 7) is 3.31. The van der Waals surface area contributed by atoms with E-state index in [0.717, 1.165) is 16.1 Å². The third-order valence-corrected chi connectivity index (χ3v) is 4.40. The molecule has 0 bridgehead atoms. The molecule has 1 unspecified atom stereocenters. The van der Waals surface area contributed by atoms with Crippen LogP contribution in [0.3, 0.4) is 0 Å². The van der Waals surface area contributed by atoms with E-state index < -0.39 is 5.60 Å². The molecule has 0 radical (unpaired) electrons. The molecule has 2 rings (SSSR count). The number of amides is 1. The number of carbonyl (C=O) groups excluding carboxylic acids is 1. The zero-order valence-electron chi connectivity index (χ0n) is 12.2. The smallest absolute Gasteiger partial charge is 0.221 e. The molecule has 2 aromatic rings. The molecule has 1 atom stereocenters. The van der Waals surface area contributed by atoms with Crippen LogP contribution in [-0.4, -0.2) is 16.8 Å². The molecule has 0 heterocycles. The number of hydrogen-bond donors (Lipinski definition) is 2. The van der Waals surface area contributed by atoms with E-state index >= 15 is 0 Å². The summed E-state index contributed by atoms with van der Waals surface area (Å²) < 4.78 is 0. The summed E-state index contributed by atoms with van der Waals surface area (Å²) in [5.41, 5.74) is 0.816. The standard InChI is InChI=1S/C17H19NO2S/c1-13(19)18-15-8-10-16(11-9-15)21-12-17(2,20)14-6-4-3-5-7-14/h3-11,20H,12H2,1-2H3,(H,18,19). The van der Waals surface area contributed by atoms with Gasteiger partial charge in [0.15, 0.2) is 0 Å². The number of benzene rings is 2. The first-order valence-electron chi connectivity index (χ1n) is 6.76. The van der Waals surface area contributed by atoms with Gasteiger partial charge in [0, 0.05) is 23.3 Å². The van der Waals surface area contributed by atoms with Gasteiger partial charge >= 0.3 is 0 Å². The van der Waals surface area contributed by atoms with E-state index in [2.05, 4.69) is 5.32 Å². The monoisotopic (exact) mass is 301 g/mol. The van der Waals surface area contributed by atoms with Gasteiger partial charge in [-0.05, 0) is 36.8 Å². The second-order valence-electron chi connectivity index (χ2n) is 5.13. The van der Waals surface area contributed by atoms with Gasteiger partial charge < -0.3 is 10.4 Å². The topological polar surface area (TPSA) is 49.3 Å². The highest BCUT2D eigenvalue weighted by Crippen LogP contribution is 2.29. The molecule has 1 amide bonds. The van der Waals surface area contributed by atoms with Crippen LogP contribution in [0.15, 0.2) is 59.5 Å². The molecule has 0 aliphatic carbocycles. The normalized spacial score (nSPS) is 13.5. The van der Waals surface area contributed by atoms with E-state index in [1.54, 1.807) is 11.8 Å². The van der Waals surface area contributed by atoms with Gasteiger partial charge in [0.2, 0.25) is 5.91 Å². The molecular formula is C17H19NO2S. The summed E-state index contributed by atoms with van der Waals surface area (Å²) in [6, 6.07) is 17.3. The van der Waals surface area contributed by atoms with Crippen LogP contribution >= 0.6 is 11.8 Å². The van der Waals surface area contributed by atoms with Gasteiger partial charge in [-0.15, -0.1) is 11.8 Å². The van der Waals surface area contributed by atoms with Gasteiger partial charge in [-0.2, -0.15) is 0 Å². The Morgan fingerprint density at radius 2 is 1.76 bits per heavy atom. The lowest BCUT2D eigenvalue weighted by molar-refractivity contribution is -0.114. The third kappa shape index (κ3) is 4.62. The van der Waals surface area contributed by atoms with Gasteiger partial charge in [-0.1, -0.05) is 30.3 Å².